The van der Waals surface area contributed by atoms with E-state index in [1.807, 2.05) is 12.1 Å². The molecule has 0 spiro atoms. The number of halogens is 1. The SMILES string of the molecule is CCNCc1ccc(F)c(CN(CC)CC2CCC2)c1. The zero-order valence-corrected chi connectivity index (χ0v) is 12.8. The van der Waals surface area contributed by atoms with Crippen LogP contribution < -0.4 is 5.32 Å². The van der Waals surface area contributed by atoms with Crippen molar-refractivity contribution >= 4 is 0 Å². The quantitative estimate of drug-likeness (QED) is 0.782. The summed E-state index contributed by atoms with van der Waals surface area (Å²) >= 11 is 0. The Bertz CT molecular complexity index is 415. The fourth-order valence-electron chi connectivity index (χ4n) is 2.72. The van der Waals surface area contributed by atoms with Gasteiger partial charge >= 0.3 is 0 Å². The fraction of sp³-hybridized carbons (Fsp3) is 0.647. The monoisotopic (exact) mass is 278 g/mol. The zero-order chi connectivity index (χ0) is 14.4. The van der Waals surface area contributed by atoms with Crippen molar-refractivity contribution in [1.82, 2.24) is 10.2 Å². The second-order valence-electron chi connectivity index (χ2n) is 5.83. The van der Waals surface area contributed by atoms with Crippen molar-refractivity contribution in [2.75, 3.05) is 19.6 Å². The fourth-order valence-corrected chi connectivity index (χ4v) is 2.72. The number of rotatable bonds is 8. The molecule has 1 aromatic carbocycles. The number of hydrogen-bond acceptors (Lipinski definition) is 2. The molecular formula is C17H27FN2. The van der Waals surface area contributed by atoms with Gasteiger partial charge in [-0.2, -0.15) is 0 Å². The maximum Gasteiger partial charge on any atom is 0.127 e. The third kappa shape index (κ3) is 4.29. The molecule has 1 aliphatic carbocycles. The molecule has 0 radical (unpaired) electrons. The Morgan fingerprint density at radius 2 is 2.10 bits per heavy atom. The standard InChI is InChI=1S/C17H27FN2/c1-3-19-11-15-8-9-17(18)16(10-15)13-20(4-2)12-14-6-5-7-14/h8-10,14,19H,3-7,11-13H2,1-2H3. The Balaban J connectivity index is 1.97. The van der Waals surface area contributed by atoms with Gasteiger partial charge in [0.15, 0.2) is 0 Å². The first-order valence-electron chi connectivity index (χ1n) is 7.93. The molecule has 2 rings (SSSR count). The number of hydrogen-bond donors (Lipinski definition) is 1. The molecule has 1 aliphatic rings. The topological polar surface area (TPSA) is 15.3 Å². The predicted molar refractivity (Wildman–Crippen MR) is 82.1 cm³/mol. The summed E-state index contributed by atoms with van der Waals surface area (Å²) in [7, 11) is 0. The summed E-state index contributed by atoms with van der Waals surface area (Å²) in [5.41, 5.74) is 2.00. The molecule has 2 nitrogen and oxygen atoms in total. The van der Waals surface area contributed by atoms with Gasteiger partial charge in [0.25, 0.3) is 0 Å². The van der Waals surface area contributed by atoms with Gasteiger partial charge in [0.2, 0.25) is 0 Å². The van der Waals surface area contributed by atoms with Gasteiger partial charge in [-0.1, -0.05) is 32.4 Å². The van der Waals surface area contributed by atoms with Gasteiger partial charge in [0, 0.05) is 25.2 Å². The summed E-state index contributed by atoms with van der Waals surface area (Å²) < 4.78 is 14.0. The Morgan fingerprint density at radius 3 is 2.70 bits per heavy atom. The van der Waals surface area contributed by atoms with E-state index in [0.717, 1.165) is 44.2 Å². The molecule has 0 amide bonds. The van der Waals surface area contributed by atoms with Gasteiger partial charge in [-0.3, -0.25) is 4.90 Å². The van der Waals surface area contributed by atoms with Gasteiger partial charge in [-0.15, -0.1) is 0 Å². The minimum atomic E-state index is -0.0719. The van der Waals surface area contributed by atoms with Crippen LogP contribution in [0.5, 0.6) is 0 Å². The van der Waals surface area contributed by atoms with Crippen molar-refractivity contribution < 1.29 is 4.39 Å². The summed E-state index contributed by atoms with van der Waals surface area (Å²) in [5.74, 6) is 0.764. The Kier molecular flexibility index (Phi) is 5.99. The van der Waals surface area contributed by atoms with Crippen LogP contribution in [0.1, 0.15) is 44.2 Å². The highest BCUT2D eigenvalue weighted by Gasteiger charge is 2.20. The second-order valence-corrected chi connectivity index (χ2v) is 5.83. The molecule has 112 valence electrons. The molecule has 20 heavy (non-hydrogen) atoms. The first-order chi connectivity index (χ1) is 9.72. The van der Waals surface area contributed by atoms with Crippen LogP contribution >= 0.6 is 0 Å². The maximum absolute atomic E-state index is 14.0. The summed E-state index contributed by atoms with van der Waals surface area (Å²) in [6, 6.07) is 5.50. The molecule has 0 atom stereocenters. The minimum absolute atomic E-state index is 0.0719. The summed E-state index contributed by atoms with van der Waals surface area (Å²) in [5, 5.41) is 3.29. The summed E-state index contributed by atoms with van der Waals surface area (Å²) in [4.78, 5) is 2.37. The smallest absolute Gasteiger partial charge is 0.127 e. The number of benzene rings is 1. The molecule has 1 aromatic rings. The highest BCUT2D eigenvalue weighted by atomic mass is 19.1. The Labute approximate surface area is 122 Å². The van der Waals surface area contributed by atoms with Crippen molar-refractivity contribution in [3.8, 4) is 0 Å². The third-order valence-electron chi connectivity index (χ3n) is 4.27. The molecule has 1 fully saturated rings. The molecule has 0 aromatic heterocycles. The molecule has 1 saturated carbocycles. The van der Waals surface area contributed by atoms with Crippen molar-refractivity contribution in [2.24, 2.45) is 5.92 Å². The van der Waals surface area contributed by atoms with E-state index in [1.54, 1.807) is 6.07 Å². The van der Waals surface area contributed by atoms with Gasteiger partial charge in [-0.05, 0) is 43.5 Å². The van der Waals surface area contributed by atoms with Crippen molar-refractivity contribution in [3.05, 3.63) is 35.1 Å². The second kappa shape index (κ2) is 7.75. The van der Waals surface area contributed by atoms with Crippen LogP contribution in [0.4, 0.5) is 4.39 Å². The van der Waals surface area contributed by atoms with E-state index in [4.69, 9.17) is 0 Å². The third-order valence-corrected chi connectivity index (χ3v) is 4.27. The highest BCUT2D eigenvalue weighted by Crippen LogP contribution is 2.27. The van der Waals surface area contributed by atoms with E-state index < -0.39 is 0 Å². The number of nitrogens with one attached hydrogen (secondary N) is 1. The van der Waals surface area contributed by atoms with E-state index in [0.29, 0.717) is 0 Å². The molecule has 0 unspecified atom stereocenters. The van der Waals surface area contributed by atoms with Crippen LogP contribution in [0.2, 0.25) is 0 Å². The first kappa shape index (κ1) is 15.5. The van der Waals surface area contributed by atoms with Crippen LogP contribution in [-0.4, -0.2) is 24.5 Å². The van der Waals surface area contributed by atoms with E-state index in [-0.39, 0.29) is 5.82 Å². The van der Waals surface area contributed by atoms with Crippen LogP contribution in [-0.2, 0) is 13.1 Å². The first-order valence-corrected chi connectivity index (χ1v) is 7.93. The lowest BCUT2D eigenvalue weighted by Crippen LogP contribution is -2.32. The molecule has 0 saturated heterocycles. The lowest BCUT2D eigenvalue weighted by molar-refractivity contribution is 0.176. The van der Waals surface area contributed by atoms with Crippen LogP contribution in [0.3, 0.4) is 0 Å². The molecule has 0 bridgehead atoms. The molecule has 3 heteroatoms. The molecule has 1 N–H and O–H groups in total. The van der Waals surface area contributed by atoms with Crippen LogP contribution in [0.25, 0.3) is 0 Å². The van der Waals surface area contributed by atoms with Crippen molar-refractivity contribution in [1.29, 1.82) is 0 Å². The lowest BCUT2D eigenvalue weighted by Gasteiger charge is -2.31. The average Bonchev–Trinajstić information content (AvgIpc) is 2.41. The van der Waals surface area contributed by atoms with E-state index in [2.05, 4.69) is 24.1 Å². The average molecular weight is 278 g/mol. The lowest BCUT2D eigenvalue weighted by atomic mass is 9.85. The van der Waals surface area contributed by atoms with E-state index >= 15 is 0 Å². The normalized spacial score (nSPS) is 15.6. The zero-order valence-electron chi connectivity index (χ0n) is 12.8. The van der Waals surface area contributed by atoms with E-state index in [9.17, 15) is 4.39 Å². The predicted octanol–water partition coefficient (Wildman–Crippen LogP) is 3.56. The van der Waals surface area contributed by atoms with Gasteiger partial charge in [0.1, 0.15) is 5.82 Å². The Morgan fingerprint density at radius 1 is 1.30 bits per heavy atom. The summed E-state index contributed by atoms with van der Waals surface area (Å²) in [6.07, 6.45) is 4.06. The van der Waals surface area contributed by atoms with Gasteiger partial charge < -0.3 is 5.32 Å². The van der Waals surface area contributed by atoms with Crippen LogP contribution in [0.15, 0.2) is 18.2 Å². The van der Waals surface area contributed by atoms with Crippen molar-refractivity contribution in [3.63, 3.8) is 0 Å². The highest BCUT2D eigenvalue weighted by molar-refractivity contribution is 5.25. The largest absolute Gasteiger partial charge is 0.313 e. The Hall–Kier alpha value is -0.930. The van der Waals surface area contributed by atoms with Gasteiger partial charge in [0.05, 0.1) is 0 Å². The van der Waals surface area contributed by atoms with Gasteiger partial charge in [-0.25, -0.2) is 4.39 Å². The summed E-state index contributed by atoms with van der Waals surface area (Å²) in [6.45, 7) is 8.86. The van der Waals surface area contributed by atoms with E-state index in [1.165, 1.54) is 24.8 Å². The molecular weight excluding hydrogens is 251 g/mol. The van der Waals surface area contributed by atoms with Crippen molar-refractivity contribution in [2.45, 2.75) is 46.2 Å². The molecule has 0 heterocycles. The minimum Gasteiger partial charge on any atom is -0.313 e. The van der Waals surface area contributed by atoms with Crippen LogP contribution in [0, 0.1) is 11.7 Å². The molecule has 0 aliphatic heterocycles. The number of nitrogens with zero attached hydrogens (tertiary/aromatic N) is 1. The maximum atomic E-state index is 14.0.